The number of benzene rings is 1. The van der Waals surface area contributed by atoms with Crippen molar-refractivity contribution in [1.29, 1.82) is 0 Å². The van der Waals surface area contributed by atoms with Crippen LogP contribution >= 0.6 is 0 Å². The third kappa shape index (κ3) is 2.39. The Kier molecular flexibility index (Phi) is 3.61. The molecule has 1 aromatic rings. The Morgan fingerprint density at radius 1 is 1.48 bits per heavy atom. The molecule has 1 aromatic carbocycles. The summed E-state index contributed by atoms with van der Waals surface area (Å²) in [5, 5.41) is 2.95. The minimum absolute atomic E-state index is 0.0463. The molecule has 0 radical (unpaired) electrons. The summed E-state index contributed by atoms with van der Waals surface area (Å²) >= 11 is 0. The number of nitrogens with zero attached hydrogens (tertiary/aromatic N) is 1. The molecule has 3 rings (SSSR count). The molecule has 2 saturated heterocycles. The number of carbonyl (C=O) groups is 1. The average molecular weight is 291 g/mol. The summed E-state index contributed by atoms with van der Waals surface area (Å²) in [4.78, 5) is 14.1. The number of rotatable bonds is 2. The number of hydrogen-bond acceptors (Lipinski definition) is 3. The van der Waals surface area contributed by atoms with Crippen LogP contribution < -0.4 is 16.0 Å². The maximum Gasteiger partial charge on any atom is 0.225 e. The van der Waals surface area contributed by atoms with Crippen molar-refractivity contribution in [3.63, 3.8) is 0 Å². The molecular formula is C16H22FN3O. The van der Waals surface area contributed by atoms with Gasteiger partial charge in [-0.1, -0.05) is 0 Å². The Bertz CT molecular complexity index is 573. The Labute approximate surface area is 124 Å². The van der Waals surface area contributed by atoms with Crippen molar-refractivity contribution in [1.82, 2.24) is 5.32 Å². The zero-order valence-electron chi connectivity index (χ0n) is 12.5. The van der Waals surface area contributed by atoms with Crippen molar-refractivity contribution in [2.75, 3.05) is 18.0 Å². The van der Waals surface area contributed by atoms with Crippen molar-refractivity contribution in [2.45, 2.75) is 38.8 Å². The first kappa shape index (κ1) is 14.3. The van der Waals surface area contributed by atoms with Crippen LogP contribution in [0.5, 0.6) is 0 Å². The van der Waals surface area contributed by atoms with E-state index in [2.05, 4.69) is 10.2 Å². The van der Waals surface area contributed by atoms with Gasteiger partial charge in [0.05, 0.1) is 12.0 Å². The van der Waals surface area contributed by atoms with Crippen LogP contribution in [0.4, 0.5) is 10.1 Å². The first-order valence-electron chi connectivity index (χ1n) is 7.59. The van der Waals surface area contributed by atoms with Crippen molar-refractivity contribution in [3.8, 4) is 0 Å². The van der Waals surface area contributed by atoms with Crippen LogP contribution in [-0.4, -0.2) is 25.0 Å². The van der Waals surface area contributed by atoms with Crippen LogP contribution in [-0.2, 0) is 4.79 Å². The summed E-state index contributed by atoms with van der Waals surface area (Å²) in [5.41, 5.74) is 8.45. The van der Waals surface area contributed by atoms with Gasteiger partial charge in [-0.3, -0.25) is 4.79 Å². The predicted octanol–water partition coefficient (Wildman–Crippen LogP) is 1.87. The highest BCUT2D eigenvalue weighted by Gasteiger charge is 2.41. The summed E-state index contributed by atoms with van der Waals surface area (Å²) in [6, 6.07) is 3.34. The third-order valence-corrected chi connectivity index (χ3v) is 4.71. The lowest BCUT2D eigenvalue weighted by Gasteiger charge is -2.39. The molecule has 5 heteroatoms. The van der Waals surface area contributed by atoms with E-state index in [9.17, 15) is 9.18 Å². The van der Waals surface area contributed by atoms with E-state index in [4.69, 9.17) is 5.73 Å². The Morgan fingerprint density at radius 3 is 2.95 bits per heavy atom. The van der Waals surface area contributed by atoms with Crippen LogP contribution in [0, 0.1) is 18.7 Å². The standard InChI is InChI=1S/C16H22FN3O/c1-9-6-14(12(10(2)18)7-13(9)17)20-5-3-4-11-15(20)8-19-16(11)21/h6-7,10-11,15H,3-5,8,18H2,1-2H3,(H,19,21)/t10-,11?,15?/m1/s1. The van der Waals surface area contributed by atoms with E-state index >= 15 is 0 Å². The van der Waals surface area contributed by atoms with Crippen LogP contribution in [0.25, 0.3) is 0 Å². The smallest absolute Gasteiger partial charge is 0.225 e. The van der Waals surface area contributed by atoms with E-state index in [1.807, 2.05) is 13.0 Å². The van der Waals surface area contributed by atoms with E-state index in [0.717, 1.165) is 30.6 Å². The number of carbonyl (C=O) groups excluding carboxylic acids is 1. The largest absolute Gasteiger partial charge is 0.366 e. The molecule has 0 spiro atoms. The molecular weight excluding hydrogens is 269 g/mol. The number of amides is 1. The van der Waals surface area contributed by atoms with E-state index in [-0.39, 0.29) is 29.7 Å². The molecule has 0 bridgehead atoms. The van der Waals surface area contributed by atoms with Gasteiger partial charge in [0.15, 0.2) is 0 Å². The zero-order chi connectivity index (χ0) is 15.1. The lowest BCUT2D eigenvalue weighted by Crippen LogP contribution is -2.46. The van der Waals surface area contributed by atoms with Gasteiger partial charge in [-0.25, -0.2) is 4.39 Å². The predicted molar refractivity (Wildman–Crippen MR) is 80.6 cm³/mol. The lowest BCUT2D eigenvalue weighted by atomic mass is 9.89. The Morgan fingerprint density at radius 2 is 2.24 bits per heavy atom. The topological polar surface area (TPSA) is 58.4 Å². The van der Waals surface area contributed by atoms with Crippen LogP contribution in [0.2, 0.25) is 0 Å². The van der Waals surface area contributed by atoms with Gasteiger partial charge < -0.3 is 16.0 Å². The summed E-state index contributed by atoms with van der Waals surface area (Å²) in [7, 11) is 0. The van der Waals surface area contributed by atoms with E-state index in [1.165, 1.54) is 0 Å². The van der Waals surface area contributed by atoms with Gasteiger partial charge in [0.1, 0.15) is 5.82 Å². The average Bonchev–Trinajstić information content (AvgIpc) is 2.83. The number of fused-ring (bicyclic) bond motifs is 1. The van der Waals surface area contributed by atoms with Crippen molar-refractivity contribution < 1.29 is 9.18 Å². The highest BCUT2D eigenvalue weighted by atomic mass is 19.1. The third-order valence-electron chi connectivity index (χ3n) is 4.71. The second-order valence-corrected chi connectivity index (χ2v) is 6.20. The number of piperidine rings is 1. The minimum atomic E-state index is -0.236. The summed E-state index contributed by atoms with van der Waals surface area (Å²) in [5.74, 6) is -0.0313. The van der Waals surface area contributed by atoms with Crippen LogP contribution in [0.1, 0.15) is 36.9 Å². The molecule has 3 atom stereocenters. The zero-order valence-corrected chi connectivity index (χ0v) is 12.5. The van der Waals surface area contributed by atoms with E-state index < -0.39 is 0 Å². The molecule has 1 amide bonds. The van der Waals surface area contributed by atoms with Crippen LogP contribution in [0.3, 0.4) is 0 Å². The molecule has 2 aliphatic rings. The molecule has 0 aliphatic carbocycles. The minimum Gasteiger partial charge on any atom is -0.366 e. The molecule has 0 saturated carbocycles. The number of aryl methyl sites for hydroxylation is 1. The maximum absolute atomic E-state index is 13.9. The van der Waals surface area contributed by atoms with Gasteiger partial charge in [0.25, 0.3) is 0 Å². The monoisotopic (exact) mass is 291 g/mol. The van der Waals surface area contributed by atoms with E-state index in [0.29, 0.717) is 12.1 Å². The van der Waals surface area contributed by atoms with Gasteiger partial charge in [-0.05, 0) is 49.9 Å². The molecule has 0 aromatic heterocycles. The summed E-state index contributed by atoms with van der Waals surface area (Å²) in [6.45, 7) is 5.19. The first-order chi connectivity index (χ1) is 9.99. The molecule has 2 unspecified atom stereocenters. The number of anilines is 1. The molecule has 3 N–H and O–H groups in total. The van der Waals surface area contributed by atoms with Crippen molar-refractivity contribution in [2.24, 2.45) is 11.7 Å². The molecule has 114 valence electrons. The number of nitrogens with one attached hydrogen (secondary N) is 1. The Hall–Kier alpha value is -1.62. The van der Waals surface area contributed by atoms with Crippen molar-refractivity contribution >= 4 is 11.6 Å². The van der Waals surface area contributed by atoms with Gasteiger partial charge >= 0.3 is 0 Å². The molecule has 4 nitrogen and oxygen atoms in total. The number of halogens is 1. The normalized spacial score (nSPS) is 26.5. The second kappa shape index (κ2) is 5.30. The van der Waals surface area contributed by atoms with Gasteiger partial charge in [-0.15, -0.1) is 0 Å². The van der Waals surface area contributed by atoms with E-state index in [1.54, 1.807) is 13.0 Å². The second-order valence-electron chi connectivity index (χ2n) is 6.20. The van der Waals surface area contributed by atoms with Crippen LogP contribution in [0.15, 0.2) is 12.1 Å². The quantitative estimate of drug-likeness (QED) is 0.874. The number of nitrogens with two attached hydrogens (primary N) is 1. The number of hydrogen-bond donors (Lipinski definition) is 2. The molecule has 2 aliphatic heterocycles. The highest BCUT2D eigenvalue weighted by molar-refractivity contribution is 5.83. The maximum atomic E-state index is 13.9. The Balaban J connectivity index is 2.03. The first-order valence-corrected chi connectivity index (χ1v) is 7.59. The molecule has 2 heterocycles. The molecule has 21 heavy (non-hydrogen) atoms. The molecule has 2 fully saturated rings. The van der Waals surface area contributed by atoms with Crippen molar-refractivity contribution in [3.05, 3.63) is 29.1 Å². The fourth-order valence-corrected chi connectivity index (χ4v) is 3.55. The lowest BCUT2D eigenvalue weighted by molar-refractivity contribution is -0.122. The summed E-state index contributed by atoms with van der Waals surface area (Å²) in [6.07, 6.45) is 1.91. The van der Waals surface area contributed by atoms with Gasteiger partial charge in [0, 0.05) is 24.8 Å². The highest BCUT2D eigenvalue weighted by Crippen LogP contribution is 2.36. The van der Waals surface area contributed by atoms with Gasteiger partial charge in [0.2, 0.25) is 5.91 Å². The fraction of sp³-hybridized carbons (Fsp3) is 0.562. The fourth-order valence-electron chi connectivity index (χ4n) is 3.55. The summed E-state index contributed by atoms with van der Waals surface area (Å²) < 4.78 is 13.9. The SMILES string of the molecule is Cc1cc(N2CCCC3C(=O)NCC32)c([C@@H](C)N)cc1F. The van der Waals surface area contributed by atoms with Gasteiger partial charge in [-0.2, -0.15) is 0 Å².